The maximum Gasteiger partial charge on any atom is 0.255 e. The molecule has 3 rings (SSSR count). The van der Waals surface area contributed by atoms with Crippen molar-refractivity contribution in [3.63, 3.8) is 0 Å². The third-order valence-electron chi connectivity index (χ3n) is 4.87. The van der Waals surface area contributed by atoms with Crippen molar-refractivity contribution < 1.29 is 14.3 Å². The zero-order chi connectivity index (χ0) is 21.3. The summed E-state index contributed by atoms with van der Waals surface area (Å²) in [6.07, 6.45) is 1.68. The second-order valence-electron chi connectivity index (χ2n) is 6.97. The Bertz CT molecular complexity index is 985. The van der Waals surface area contributed by atoms with E-state index in [1.807, 2.05) is 42.5 Å². The second kappa shape index (κ2) is 10.3. The molecule has 0 fully saturated rings. The normalized spacial score (nSPS) is 11.4. The van der Waals surface area contributed by atoms with Crippen LogP contribution in [-0.2, 0) is 4.79 Å². The van der Waals surface area contributed by atoms with Gasteiger partial charge in [-0.25, -0.2) is 0 Å². The lowest BCUT2D eigenvalue weighted by molar-refractivity contribution is -0.117. The molecule has 2 N–H and O–H groups in total. The molecule has 0 unspecified atom stereocenters. The molecule has 0 saturated carbocycles. The highest BCUT2D eigenvalue weighted by Gasteiger charge is 2.19. The van der Waals surface area contributed by atoms with Gasteiger partial charge in [0.25, 0.3) is 5.91 Å². The first-order chi connectivity index (χ1) is 14.6. The molecule has 0 spiro atoms. The van der Waals surface area contributed by atoms with Gasteiger partial charge in [0.2, 0.25) is 5.91 Å². The largest absolute Gasteiger partial charge is 0.495 e. The van der Waals surface area contributed by atoms with Crippen LogP contribution >= 0.6 is 0 Å². The van der Waals surface area contributed by atoms with Crippen LogP contribution in [-0.4, -0.2) is 18.9 Å². The minimum absolute atomic E-state index is 0.0470. The Labute approximate surface area is 177 Å². The number of carbonyl (C=O) groups excluding carboxylic acids is 2. The number of hydrogen-bond acceptors (Lipinski definition) is 3. The fourth-order valence-electron chi connectivity index (χ4n) is 3.30. The number of nitrogens with one attached hydrogen (secondary N) is 2. The maximum atomic E-state index is 12.8. The molecule has 1 atom stereocenters. The van der Waals surface area contributed by atoms with Crippen LogP contribution in [0.1, 0.15) is 41.6 Å². The van der Waals surface area contributed by atoms with Crippen molar-refractivity contribution in [2.45, 2.75) is 25.7 Å². The molecule has 0 aromatic heterocycles. The fourth-order valence-corrected chi connectivity index (χ4v) is 3.30. The van der Waals surface area contributed by atoms with E-state index < -0.39 is 0 Å². The molecule has 0 bridgehead atoms. The summed E-state index contributed by atoms with van der Waals surface area (Å²) in [6.45, 7) is 2.07. The van der Waals surface area contributed by atoms with E-state index in [1.165, 1.54) is 0 Å². The molecule has 30 heavy (non-hydrogen) atoms. The van der Waals surface area contributed by atoms with Crippen molar-refractivity contribution in [3.8, 4) is 5.75 Å². The van der Waals surface area contributed by atoms with Gasteiger partial charge in [0, 0.05) is 11.3 Å². The molecule has 0 saturated heterocycles. The van der Waals surface area contributed by atoms with E-state index in [0.29, 0.717) is 22.7 Å². The number of methoxy groups -OCH3 is 1. The van der Waals surface area contributed by atoms with Gasteiger partial charge in [-0.05, 0) is 48.4 Å². The standard InChI is InChI=1S/C25H26N2O3/c1-3-9-21(18-10-5-4-6-11-18)25(29)26-20-16-14-19(15-17-20)24(28)27-22-12-7-8-13-23(22)30-2/h4-8,10-17,21H,3,9H2,1-2H3,(H,26,29)(H,27,28)/t21-/m1/s1. The molecule has 0 heterocycles. The van der Waals surface area contributed by atoms with Crippen molar-refractivity contribution in [1.29, 1.82) is 0 Å². The minimum Gasteiger partial charge on any atom is -0.495 e. The Morgan fingerprint density at radius 2 is 1.53 bits per heavy atom. The zero-order valence-corrected chi connectivity index (χ0v) is 17.2. The van der Waals surface area contributed by atoms with Crippen LogP contribution in [0.25, 0.3) is 0 Å². The highest BCUT2D eigenvalue weighted by Crippen LogP contribution is 2.25. The lowest BCUT2D eigenvalue weighted by Crippen LogP contribution is -2.21. The average molecular weight is 402 g/mol. The van der Waals surface area contributed by atoms with E-state index in [-0.39, 0.29) is 17.7 Å². The molecule has 5 heteroatoms. The summed E-state index contributed by atoms with van der Waals surface area (Å²) in [5.41, 5.74) is 2.76. The quantitative estimate of drug-likeness (QED) is 0.525. The minimum atomic E-state index is -0.245. The van der Waals surface area contributed by atoms with Crippen LogP contribution in [0.15, 0.2) is 78.9 Å². The Balaban J connectivity index is 1.67. The topological polar surface area (TPSA) is 67.4 Å². The molecule has 0 aliphatic rings. The number of para-hydroxylation sites is 2. The number of carbonyl (C=O) groups is 2. The summed E-state index contributed by atoms with van der Waals surface area (Å²) < 4.78 is 5.26. The van der Waals surface area contributed by atoms with Crippen LogP contribution in [0.4, 0.5) is 11.4 Å². The highest BCUT2D eigenvalue weighted by molar-refractivity contribution is 6.05. The summed E-state index contributed by atoms with van der Waals surface area (Å²) in [4.78, 5) is 25.4. The van der Waals surface area contributed by atoms with Crippen molar-refractivity contribution in [2.24, 2.45) is 0 Å². The predicted octanol–water partition coefficient (Wildman–Crippen LogP) is 5.47. The third-order valence-corrected chi connectivity index (χ3v) is 4.87. The van der Waals surface area contributed by atoms with Gasteiger partial charge >= 0.3 is 0 Å². The Kier molecular flexibility index (Phi) is 7.22. The van der Waals surface area contributed by atoms with Gasteiger partial charge in [0.15, 0.2) is 0 Å². The summed E-state index contributed by atoms with van der Waals surface area (Å²) >= 11 is 0. The van der Waals surface area contributed by atoms with Crippen LogP contribution in [0.2, 0.25) is 0 Å². The molecule has 0 radical (unpaired) electrons. The van der Waals surface area contributed by atoms with E-state index in [1.54, 1.807) is 43.5 Å². The second-order valence-corrected chi connectivity index (χ2v) is 6.97. The maximum absolute atomic E-state index is 12.8. The number of ether oxygens (including phenoxy) is 1. The van der Waals surface area contributed by atoms with Gasteiger partial charge in [0.1, 0.15) is 5.75 Å². The molecule has 0 aliphatic heterocycles. The van der Waals surface area contributed by atoms with Gasteiger partial charge in [-0.1, -0.05) is 55.8 Å². The number of rotatable bonds is 8. The van der Waals surface area contributed by atoms with E-state index in [9.17, 15) is 9.59 Å². The van der Waals surface area contributed by atoms with Crippen molar-refractivity contribution in [2.75, 3.05) is 17.7 Å². The molecule has 2 amide bonds. The summed E-state index contributed by atoms with van der Waals surface area (Å²) in [6, 6.07) is 23.9. The molecule has 3 aromatic rings. The lowest BCUT2D eigenvalue weighted by atomic mass is 9.93. The van der Waals surface area contributed by atoms with Gasteiger partial charge < -0.3 is 15.4 Å². The first kappa shape index (κ1) is 21.1. The first-order valence-electron chi connectivity index (χ1n) is 10.0. The molecule has 5 nitrogen and oxygen atoms in total. The Hall–Kier alpha value is -3.60. The Morgan fingerprint density at radius 3 is 2.20 bits per heavy atom. The lowest BCUT2D eigenvalue weighted by Gasteiger charge is -2.17. The molecular weight excluding hydrogens is 376 g/mol. The van der Waals surface area contributed by atoms with Crippen molar-refractivity contribution in [3.05, 3.63) is 90.0 Å². The van der Waals surface area contributed by atoms with Gasteiger partial charge in [0.05, 0.1) is 18.7 Å². The van der Waals surface area contributed by atoms with Crippen LogP contribution in [0, 0.1) is 0 Å². The van der Waals surface area contributed by atoms with E-state index in [4.69, 9.17) is 4.74 Å². The number of amides is 2. The molecule has 0 aliphatic carbocycles. The van der Waals surface area contributed by atoms with E-state index in [2.05, 4.69) is 17.6 Å². The van der Waals surface area contributed by atoms with Crippen LogP contribution < -0.4 is 15.4 Å². The van der Waals surface area contributed by atoms with E-state index >= 15 is 0 Å². The van der Waals surface area contributed by atoms with Gasteiger partial charge in [-0.3, -0.25) is 9.59 Å². The average Bonchev–Trinajstić information content (AvgIpc) is 2.78. The van der Waals surface area contributed by atoms with Gasteiger partial charge in [-0.2, -0.15) is 0 Å². The van der Waals surface area contributed by atoms with Crippen molar-refractivity contribution in [1.82, 2.24) is 0 Å². The molecule has 3 aromatic carbocycles. The number of benzene rings is 3. The van der Waals surface area contributed by atoms with Crippen LogP contribution in [0.3, 0.4) is 0 Å². The zero-order valence-electron chi connectivity index (χ0n) is 17.2. The van der Waals surface area contributed by atoms with Crippen LogP contribution in [0.5, 0.6) is 5.75 Å². The number of anilines is 2. The Morgan fingerprint density at radius 1 is 0.867 bits per heavy atom. The van der Waals surface area contributed by atoms with Gasteiger partial charge in [-0.15, -0.1) is 0 Å². The summed E-state index contributed by atoms with van der Waals surface area (Å²) in [5, 5.41) is 5.81. The predicted molar refractivity (Wildman–Crippen MR) is 120 cm³/mol. The highest BCUT2D eigenvalue weighted by atomic mass is 16.5. The fraction of sp³-hybridized carbons (Fsp3) is 0.200. The first-order valence-corrected chi connectivity index (χ1v) is 10.0. The summed E-state index contributed by atoms with van der Waals surface area (Å²) in [5.74, 6) is 0.0992. The molecular formula is C25H26N2O3. The smallest absolute Gasteiger partial charge is 0.255 e. The summed E-state index contributed by atoms with van der Waals surface area (Å²) in [7, 11) is 1.56. The van der Waals surface area contributed by atoms with Crippen molar-refractivity contribution >= 4 is 23.2 Å². The molecule has 154 valence electrons. The monoisotopic (exact) mass is 402 g/mol. The SMILES string of the molecule is CCC[C@@H](C(=O)Nc1ccc(C(=O)Nc2ccccc2OC)cc1)c1ccccc1. The van der Waals surface area contributed by atoms with E-state index in [0.717, 1.165) is 18.4 Å². The third kappa shape index (κ3) is 5.26. The number of hydrogen-bond donors (Lipinski definition) is 2.